The summed E-state index contributed by atoms with van der Waals surface area (Å²) < 4.78 is 5.02. The van der Waals surface area contributed by atoms with Crippen molar-refractivity contribution in [2.45, 2.75) is 38.6 Å². The number of urea groups is 1. The highest BCUT2D eigenvalue weighted by atomic mass is 16.6. The van der Waals surface area contributed by atoms with Gasteiger partial charge in [0.2, 0.25) is 0 Å². The zero-order chi connectivity index (χ0) is 17.1. The lowest BCUT2D eigenvalue weighted by molar-refractivity contribution is 0.0958. The third-order valence-corrected chi connectivity index (χ3v) is 4.81. The molecule has 1 atom stereocenters. The van der Waals surface area contributed by atoms with Crippen LogP contribution in [0.5, 0.6) is 0 Å². The number of para-hydroxylation sites is 1. The number of fused-ring (bicyclic) bond motifs is 1. The van der Waals surface area contributed by atoms with E-state index < -0.39 is 0 Å². The van der Waals surface area contributed by atoms with Crippen molar-refractivity contribution < 1.29 is 14.3 Å². The predicted molar refractivity (Wildman–Crippen MR) is 92.4 cm³/mol. The SMILES string of the molecule is CCOC(=O)N1CCC(NC(=O)N2CC(C)c3ccccc32)CC1. The zero-order valence-corrected chi connectivity index (χ0v) is 14.3. The number of anilines is 1. The number of carbonyl (C=O) groups excluding carboxylic acids is 2. The van der Waals surface area contributed by atoms with Crippen LogP contribution in [0.1, 0.15) is 38.2 Å². The van der Waals surface area contributed by atoms with Crippen molar-refractivity contribution in [2.24, 2.45) is 0 Å². The molecule has 2 aliphatic heterocycles. The summed E-state index contributed by atoms with van der Waals surface area (Å²) in [7, 11) is 0. The molecular weight excluding hydrogens is 306 g/mol. The molecule has 6 nitrogen and oxygen atoms in total. The second-order valence-corrected chi connectivity index (χ2v) is 6.48. The van der Waals surface area contributed by atoms with Crippen molar-refractivity contribution >= 4 is 17.8 Å². The molecule has 1 unspecified atom stereocenters. The van der Waals surface area contributed by atoms with E-state index in [0.29, 0.717) is 32.2 Å². The maximum atomic E-state index is 12.6. The fourth-order valence-corrected chi connectivity index (χ4v) is 3.49. The smallest absolute Gasteiger partial charge is 0.409 e. The quantitative estimate of drug-likeness (QED) is 0.906. The summed E-state index contributed by atoms with van der Waals surface area (Å²) in [6.45, 7) is 6.30. The van der Waals surface area contributed by atoms with Gasteiger partial charge in [0.1, 0.15) is 0 Å². The van der Waals surface area contributed by atoms with E-state index in [0.717, 1.165) is 18.5 Å². The first-order valence-electron chi connectivity index (χ1n) is 8.68. The molecular formula is C18H25N3O3. The van der Waals surface area contributed by atoms with E-state index in [4.69, 9.17) is 4.74 Å². The monoisotopic (exact) mass is 331 g/mol. The maximum absolute atomic E-state index is 12.6. The van der Waals surface area contributed by atoms with Crippen molar-refractivity contribution in [1.82, 2.24) is 10.2 Å². The van der Waals surface area contributed by atoms with Crippen LogP contribution < -0.4 is 10.2 Å². The summed E-state index contributed by atoms with van der Waals surface area (Å²) in [5.41, 5.74) is 2.23. The molecule has 3 amide bonds. The molecule has 0 saturated carbocycles. The Labute approximate surface area is 142 Å². The summed E-state index contributed by atoms with van der Waals surface area (Å²) in [4.78, 5) is 27.9. The lowest BCUT2D eigenvalue weighted by Crippen LogP contribution is -2.50. The van der Waals surface area contributed by atoms with Gasteiger partial charge in [-0.25, -0.2) is 9.59 Å². The topological polar surface area (TPSA) is 61.9 Å². The van der Waals surface area contributed by atoms with Crippen LogP contribution in [0, 0.1) is 0 Å². The van der Waals surface area contributed by atoms with Crippen molar-refractivity contribution in [3.63, 3.8) is 0 Å². The lowest BCUT2D eigenvalue weighted by Gasteiger charge is -2.32. The molecule has 1 aromatic carbocycles. The number of hydrogen-bond donors (Lipinski definition) is 1. The summed E-state index contributed by atoms with van der Waals surface area (Å²) in [6, 6.07) is 8.14. The van der Waals surface area contributed by atoms with Gasteiger partial charge in [0.05, 0.1) is 6.61 Å². The number of likely N-dealkylation sites (tertiary alicyclic amines) is 1. The summed E-state index contributed by atoms with van der Waals surface area (Å²) in [5.74, 6) is 0.359. The van der Waals surface area contributed by atoms with Crippen LogP contribution >= 0.6 is 0 Å². The van der Waals surface area contributed by atoms with Crippen molar-refractivity contribution in [3.05, 3.63) is 29.8 Å². The van der Waals surface area contributed by atoms with Gasteiger partial charge in [0, 0.05) is 37.3 Å². The normalized spacial score (nSPS) is 20.7. The summed E-state index contributed by atoms with van der Waals surface area (Å²) >= 11 is 0. The number of nitrogens with zero attached hydrogens (tertiary/aromatic N) is 2. The third kappa shape index (κ3) is 3.32. The van der Waals surface area contributed by atoms with E-state index in [2.05, 4.69) is 18.3 Å². The minimum Gasteiger partial charge on any atom is -0.450 e. The van der Waals surface area contributed by atoms with E-state index in [1.54, 1.807) is 11.8 Å². The standard InChI is InChI=1S/C18H25N3O3/c1-3-24-18(23)20-10-8-14(9-11-20)19-17(22)21-12-13(2)15-6-4-5-7-16(15)21/h4-7,13-14H,3,8-12H2,1-2H3,(H,19,22). The molecule has 130 valence electrons. The van der Waals surface area contributed by atoms with Gasteiger partial charge in [0.25, 0.3) is 0 Å². The van der Waals surface area contributed by atoms with Crippen LogP contribution in [0.3, 0.4) is 0 Å². The molecule has 0 bridgehead atoms. The molecule has 1 saturated heterocycles. The molecule has 1 fully saturated rings. The summed E-state index contributed by atoms with van der Waals surface area (Å²) in [5, 5.41) is 3.12. The molecule has 0 aromatic heterocycles. The number of carbonyl (C=O) groups is 2. The molecule has 0 aliphatic carbocycles. The van der Waals surface area contributed by atoms with E-state index in [-0.39, 0.29) is 18.2 Å². The van der Waals surface area contributed by atoms with Gasteiger partial charge in [-0.05, 0) is 31.4 Å². The zero-order valence-electron chi connectivity index (χ0n) is 14.3. The largest absolute Gasteiger partial charge is 0.450 e. The Hall–Kier alpha value is -2.24. The Bertz CT molecular complexity index is 611. The number of rotatable bonds is 2. The van der Waals surface area contributed by atoms with Crippen molar-refractivity contribution in [2.75, 3.05) is 31.1 Å². The Morgan fingerprint density at radius 1 is 1.25 bits per heavy atom. The van der Waals surface area contributed by atoms with E-state index in [1.165, 1.54) is 5.56 Å². The Morgan fingerprint density at radius 3 is 2.67 bits per heavy atom. The highest BCUT2D eigenvalue weighted by molar-refractivity contribution is 5.94. The molecule has 24 heavy (non-hydrogen) atoms. The highest BCUT2D eigenvalue weighted by Gasteiger charge is 2.31. The van der Waals surface area contributed by atoms with E-state index in [9.17, 15) is 9.59 Å². The van der Waals surface area contributed by atoms with Gasteiger partial charge < -0.3 is 15.0 Å². The maximum Gasteiger partial charge on any atom is 0.409 e. The fourth-order valence-electron chi connectivity index (χ4n) is 3.49. The van der Waals surface area contributed by atoms with Gasteiger partial charge >= 0.3 is 12.1 Å². The minimum atomic E-state index is -0.260. The first kappa shape index (κ1) is 16.6. The average Bonchev–Trinajstić information content (AvgIpc) is 2.93. The first-order chi connectivity index (χ1) is 11.6. The van der Waals surface area contributed by atoms with Gasteiger partial charge in [-0.2, -0.15) is 0 Å². The molecule has 1 N–H and O–H groups in total. The molecule has 0 radical (unpaired) electrons. The predicted octanol–water partition coefficient (Wildman–Crippen LogP) is 2.94. The second kappa shape index (κ2) is 7.11. The number of piperidine rings is 1. The Morgan fingerprint density at radius 2 is 1.96 bits per heavy atom. The van der Waals surface area contributed by atoms with Crippen LogP contribution in [0.15, 0.2) is 24.3 Å². The number of amides is 3. The number of hydrogen-bond acceptors (Lipinski definition) is 3. The number of ether oxygens (including phenoxy) is 1. The molecule has 2 aliphatic rings. The van der Waals surface area contributed by atoms with Crippen molar-refractivity contribution in [1.29, 1.82) is 0 Å². The molecule has 2 heterocycles. The molecule has 6 heteroatoms. The van der Waals surface area contributed by atoms with Gasteiger partial charge in [-0.3, -0.25) is 4.90 Å². The third-order valence-electron chi connectivity index (χ3n) is 4.81. The second-order valence-electron chi connectivity index (χ2n) is 6.48. The lowest BCUT2D eigenvalue weighted by atomic mass is 10.0. The van der Waals surface area contributed by atoms with Gasteiger partial charge in [-0.1, -0.05) is 25.1 Å². The Balaban J connectivity index is 1.55. The highest BCUT2D eigenvalue weighted by Crippen LogP contribution is 2.35. The van der Waals surface area contributed by atoms with Crippen LogP contribution in [0.2, 0.25) is 0 Å². The van der Waals surface area contributed by atoms with E-state index in [1.807, 2.05) is 23.1 Å². The molecule has 0 spiro atoms. The number of nitrogens with one attached hydrogen (secondary N) is 1. The van der Waals surface area contributed by atoms with Crippen LogP contribution in [0.25, 0.3) is 0 Å². The average molecular weight is 331 g/mol. The molecule has 1 aromatic rings. The van der Waals surface area contributed by atoms with Crippen molar-refractivity contribution in [3.8, 4) is 0 Å². The first-order valence-corrected chi connectivity index (χ1v) is 8.68. The summed E-state index contributed by atoms with van der Waals surface area (Å²) in [6.07, 6.45) is 1.26. The Kier molecular flexibility index (Phi) is 4.92. The van der Waals surface area contributed by atoms with Crippen LogP contribution in [-0.4, -0.2) is 49.3 Å². The minimum absolute atomic E-state index is 0.0404. The van der Waals surface area contributed by atoms with Crippen LogP contribution in [0.4, 0.5) is 15.3 Å². The van der Waals surface area contributed by atoms with Gasteiger partial charge in [0.15, 0.2) is 0 Å². The fraction of sp³-hybridized carbons (Fsp3) is 0.556. The molecule has 3 rings (SSSR count). The number of benzene rings is 1. The van der Waals surface area contributed by atoms with Gasteiger partial charge in [-0.15, -0.1) is 0 Å². The van der Waals surface area contributed by atoms with E-state index >= 15 is 0 Å². The van der Waals surface area contributed by atoms with Crippen LogP contribution in [-0.2, 0) is 4.74 Å².